The van der Waals surface area contributed by atoms with Crippen molar-refractivity contribution in [3.63, 3.8) is 0 Å². The Hall–Kier alpha value is -2.52. The molecule has 3 heterocycles. The van der Waals surface area contributed by atoms with Crippen LogP contribution in [0.5, 0.6) is 5.75 Å². The van der Waals surface area contributed by atoms with Crippen molar-refractivity contribution in [1.29, 1.82) is 0 Å². The minimum atomic E-state index is -3.96. The highest BCUT2D eigenvalue weighted by molar-refractivity contribution is 7.89. The smallest absolute Gasteiger partial charge is 0.264 e. The molecule has 3 atom stereocenters. The van der Waals surface area contributed by atoms with E-state index in [0.29, 0.717) is 49.5 Å². The zero-order valence-electron chi connectivity index (χ0n) is 22.4. The van der Waals surface area contributed by atoms with Crippen LogP contribution in [0.25, 0.3) is 22.2 Å². The summed E-state index contributed by atoms with van der Waals surface area (Å²) in [5.41, 5.74) is 2.02. The molecule has 1 fully saturated rings. The highest BCUT2D eigenvalue weighted by Gasteiger charge is 2.23. The van der Waals surface area contributed by atoms with Gasteiger partial charge in [0.2, 0.25) is 0 Å². The molecular weight excluding hydrogens is 548 g/mol. The van der Waals surface area contributed by atoms with Crippen molar-refractivity contribution in [1.82, 2.24) is 19.0 Å². The minimum absolute atomic E-state index is 0.140. The van der Waals surface area contributed by atoms with Crippen molar-refractivity contribution >= 4 is 31.0 Å². The molecule has 1 saturated heterocycles. The number of benzene rings is 1. The molecule has 0 amide bonds. The Morgan fingerprint density at radius 1 is 1.15 bits per heavy atom. The predicted molar refractivity (Wildman–Crippen MR) is 146 cm³/mol. The Bertz CT molecular complexity index is 1480. The molecule has 4 rings (SSSR count). The van der Waals surface area contributed by atoms with E-state index in [1.54, 1.807) is 0 Å². The fraction of sp³-hybridized carbons (Fsp3) is 0.600. The second-order valence-electron chi connectivity index (χ2n) is 9.98. The summed E-state index contributed by atoms with van der Waals surface area (Å²) in [7, 11) is -7.49. The van der Waals surface area contributed by atoms with Crippen LogP contribution in [0, 0.1) is 0 Å². The monoisotopic (exact) mass is 584 g/mol. The summed E-state index contributed by atoms with van der Waals surface area (Å²) in [6.45, 7) is 4.90. The van der Waals surface area contributed by atoms with Gasteiger partial charge in [0, 0.05) is 24.0 Å². The van der Waals surface area contributed by atoms with E-state index >= 15 is 0 Å². The van der Waals surface area contributed by atoms with E-state index in [9.17, 15) is 16.8 Å². The van der Waals surface area contributed by atoms with Crippen LogP contribution in [0.3, 0.4) is 0 Å². The highest BCUT2D eigenvalue weighted by atomic mass is 32.2. The molecule has 3 unspecified atom stereocenters. The van der Waals surface area contributed by atoms with Gasteiger partial charge in [-0.1, -0.05) is 0 Å². The third-order valence-corrected chi connectivity index (χ3v) is 8.24. The lowest BCUT2D eigenvalue weighted by Gasteiger charge is -2.23. The largest absolute Gasteiger partial charge is 0.491 e. The Labute approximate surface area is 229 Å². The average Bonchev–Trinajstić information content (AvgIpc) is 3.49. The van der Waals surface area contributed by atoms with Crippen molar-refractivity contribution in [3.8, 4) is 17.0 Å². The average molecular weight is 585 g/mol. The first-order valence-electron chi connectivity index (χ1n) is 13.0. The first-order chi connectivity index (χ1) is 18.4. The van der Waals surface area contributed by atoms with Crippen molar-refractivity contribution in [2.45, 2.75) is 70.8 Å². The predicted octanol–water partition coefficient (Wildman–Crippen LogP) is 3.64. The molecule has 0 bridgehead atoms. The number of fused-ring (bicyclic) bond motifs is 1. The van der Waals surface area contributed by atoms with Crippen LogP contribution in [0.4, 0.5) is 0 Å². The molecule has 12 nitrogen and oxygen atoms in total. The fourth-order valence-corrected chi connectivity index (χ4v) is 5.57. The number of rotatable bonds is 13. The molecule has 0 spiro atoms. The quantitative estimate of drug-likeness (QED) is 0.295. The van der Waals surface area contributed by atoms with Crippen molar-refractivity contribution in [2.75, 3.05) is 25.2 Å². The molecule has 0 aliphatic carbocycles. The van der Waals surface area contributed by atoms with E-state index in [0.717, 1.165) is 40.5 Å². The van der Waals surface area contributed by atoms with Crippen LogP contribution in [0.2, 0.25) is 0 Å². The zero-order valence-corrected chi connectivity index (χ0v) is 24.0. The lowest BCUT2D eigenvalue weighted by molar-refractivity contribution is -0.0365. The Kier molecular flexibility index (Phi) is 9.32. The fourth-order valence-electron chi connectivity index (χ4n) is 4.51. The lowest BCUT2D eigenvalue weighted by atomic mass is 10.1. The van der Waals surface area contributed by atoms with E-state index in [1.165, 1.54) is 12.4 Å². The summed E-state index contributed by atoms with van der Waals surface area (Å²) in [6.07, 6.45) is 7.87. The molecule has 1 aliphatic heterocycles. The molecule has 0 saturated carbocycles. The summed E-state index contributed by atoms with van der Waals surface area (Å²) in [5.74, 6) is 0.362. The third kappa shape index (κ3) is 8.01. The maximum Gasteiger partial charge on any atom is 0.264 e. The van der Waals surface area contributed by atoms with Gasteiger partial charge in [-0.2, -0.15) is 22.7 Å². The first-order valence-corrected chi connectivity index (χ1v) is 16.5. The van der Waals surface area contributed by atoms with Gasteiger partial charge in [-0.05, 0) is 64.2 Å². The number of aromatic nitrogens is 4. The summed E-state index contributed by atoms with van der Waals surface area (Å²) >= 11 is 0. The Balaban J connectivity index is 1.48. The van der Waals surface area contributed by atoms with Crippen LogP contribution in [-0.4, -0.2) is 77.8 Å². The second kappa shape index (κ2) is 12.3. The lowest BCUT2D eigenvalue weighted by Crippen LogP contribution is -2.19. The summed E-state index contributed by atoms with van der Waals surface area (Å²) in [6, 6.07) is 5.70. The number of hydrogen-bond acceptors (Lipinski definition) is 9. The molecule has 0 radical (unpaired) electrons. The van der Waals surface area contributed by atoms with Crippen LogP contribution in [-0.2, 0) is 29.6 Å². The maximum absolute atomic E-state index is 12.0. The van der Waals surface area contributed by atoms with E-state index in [-0.39, 0.29) is 24.2 Å². The van der Waals surface area contributed by atoms with Gasteiger partial charge in [0.25, 0.3) is 20.1 Å². The van der Waals surface area contributed by atoms with Crippen molar-refractivity contribution in [3.05, 3.63) is 30.6 Å². The van der Waals surface area contributed by atoms with E-state index in [2.05, 4.69) is 5.10 Å². The zero-order chi connectivity index (χ0) is 28.2. The molecule has 39 heavy (non-hydrogen) atoms. The van der Waals surface area contributed by atoms with Gasteiger partial charge in [-0.3, -0.25) is 4.55 Å². The number of hydrogen-bond donors (Lipinski definition) is 1. The Morgan fingerprint density at radius 3 is 2.62 bits per heavy atom. The molecule has 3 aromatic rings. The molecule has 216 valence electrons. The Morgan fingerprint density at radius 2 is 1.95 bits per heavy atom. The summed E-state index contributed by atoms with van der Waals surface area (Å²) < 4.78 is 75.2. The minimum Gasteiger partial charge on any atom is -0.491 e. The van der Waals surface area contributed by atoms with Gasteiger partial charge in [0.05, 0.1) is 48.7 Å². The van der Waals surface area contributed by atoms with Gasteiger partial charge in [0.15, 0.2) is 6.23 Å². The SMILES string of the molecule is CC(CCCS(=O)(=O)O)OCCC(C)Oc1ccc2c(c1)c(-c1cnn(S(C)(=O)=O)c1)nn2C1CCCCO1. The normalized spacial score (nSPS) is 18.3. The first kappa shape index (κ1) is 29.5. The van der Waals surface area contributed by atoms with Crippen molar-refractivity contribution in [2.24, 2.45) is 0 Å². The molecule has 1 N–H and O–H groups in total. The van der Waals surface area contributed by atoms with Crippen LogP contribution in [0.15, 0.2) is 30.6 Å². The standard InChI is InChI=1S/C25H36N4O8S2/c1-18(7-6-14-39(32,33)34)35-13-11-19(2)37-21-9-10-23-22(15-21)25(20-16-26-28(17-20)38(3,30)31)27-29(23)24-8-4-5-12-36-24/h9-10,15-19,24H,4-8,11-14H2,1-3H3,(H,32,33,34). The molecule has 14 heteroatoms. The summed E-state index contributed by atoms with van der Waals surface area (Å²) in [4.78, 5) is 0. The van der Waals surface area contributed by atoms with Crippen LogP contribution < -0.4 is 4.74 Å². The number of nitrogens with zero attached hydrogens (tertiary/aromatic N) is 4. The molecular formula is C25H36N4O8S2. The van der Waals surface area contributed by atoms with Gasteiger partial charge in [-0.15, -0.1) is 0 Å². The highest BCUT2D eigenvalue weighted by Crippen LogP contribution is 2.35. The topological polar surface area (TPSA) is 152 Å². The van der Waals surface area contributed by atoms with E-state index in [1.807, 2.05) is 36.7 Å². The van der Waals surface area contributed by atoms with Gasteiger partial charge in [0.1, 0.15) is 11.4 Å². The van der Waals surface area contributed by atoms with Gasteiger partial charge >= 0.3 is 0 Å². The molecule has 2 aromatic heterocycles. The molecule has 1 aliphatic rings. The number of ether oxygens (including phenoxy) is 3. The molecule has 1 aromatic carbocycles. The van der Waals surface area contributed by atoms with Crippen molar-refractivity contribution < 1.29 is 35.6 Å². The van der Waals surface area contributed by atoms with Crippen LogP contribution >= 0.6 is 0 Å². The second-order valence-corrected chi connectivity index (χ2v) is 13.4. The van der Waals surface area contributed by atoms with E-state index in [4.69, 9.17) is 23.9 Å². The van der Waals surface area contributed by atoms with Gasteiger partial charge in [-0.25, -0.2) is 13.1 Å². The summed E-state index contributed by atoms with van der Waals surface area (Å²) in [5, 5.41) is 9.62. The maximum atomic E-state index is 12.0. The van der Waals surface area contributed by atoms with Crippen LogP contribution in [0.1, 0.15) is 58.6 Å². The van der Waals surface area contributed by atoms with E-state index < -0.39 is 20.1 Å². The third-order valence-electron chi connectivity index (χ3n) is 6.56. The van der Waals surface area contributed by atoms with Gasteiger partial charge < -0.3 is 14.2 Å².